The number of anilines is 2. The van der Waals surface area contributed by atoms with Crippen molar-refractivity contribution in [1.82, 2.24) is 19.6 Å². The summed E-state index contributed by atoms with van der Waals surface area (Å²) in [6, 6.07) is 1.66. The number of hydrogen-bond acceptors (Lipinski definition) is 6. The van der Waals surface area contributed by atoms with E-state index in [2.05, 4.69) is 20.4 Å². The van der Waals surface area contributed by atoms with E-state index in [1.165, 1.54) is 23.1 Å². The van der Waals surface area contributed by atoms with E-state index in [0.29, 0.717) is 28.7 Å². The first-order valence-corrected chi connectivity index (χ1v) is 7.15. The lowest BCUT2D eigenvalue weighted by Crippen LogP contribution is -2.15. The van der Waals surface area contributed by atoms with Crippen molar-refractivity contribution >= 4 is 34.7 Å². The topological polar surface area (TPSA) is 107 Å². The van der Waals surface area contributed by atoms with Gasteiger partial charge in [-0.3, -0.25) is 9.78 Å². The zero-order valence-electron chi connectivity index (χ0n) is 12.2. The zero-order valence-corrected chi connectivity index (χ0v) is 12.9. The Balaban J connectivity index is 1.97. The summed E-state index contributed by atoms with van der Waals surface area (Å²) in [5, 5.41) is 7.13. The van der Waals surface area contributed by atoms with E-state index in [1.807, 2.05) is 6.92 Å². The molecule has 8 nitrogen and oxygen atoms in total. The van der Waals surface area contributed by atoms with E-state index in [-0.39, 0.29) is 11.4 Å². The summed E-state index contributed by atoms with van der Waals surface area (Å²) >= 11 is 5.86. The van der Waals surface area contributed by atoms with Crippen LogP contribution in [0.4, 0.5) is 11.5 Å². The molecule has 3 N–H and O–H groups in total. The van der Waals surface area contributed by atoms with Crippen LogP contribution in [0.1, 0.15) is 17.3 Å². The number of ether oxygens (including phenoxy) is 1. The number of aromatic nitrogens is 4. The van der Waals surface area contributed by atoms with Crippen molar-refractivity contribution < 1.29 is 9.53 Å². The average Bonchev–Trinajstić information content (AvgIpc) is 2.84. The number of fused-ring (bicyclic) bond motifs is 1. The number of nitrogens with two attached hydrogens (primary N) is 1. The first-order valence-electron chi connectivity index (χ1n) is 6.77. The molecule has 3 aromatic rings. The van der Waals surface area contributed by atoms with Gasteiger partial charge in [0, 0.05) is 18.5 Å². The normalized spacial score (nSPS) is 10.7. The Labute approximate surface area is 136 Å². The fourth-order valence-electron chi connectivity index (χ4n) is 2.09. The molecule has 3 aromatic heterocycles. The molecule has 0 atom stereocenters. The summed E-state index contributed by atoms with van der Waals surface area (Å²) in [5.41, 5.74) is 6.74. The minimum absolute atomic E-state index is 0.0547. The van der Waals surface area contributed by atoms with Gasteiger partial charge in [-0.25, -0.2) is 9.50 Å². The van der Waals surface area contributed by atoms with Crippen molar-refractivity contribution in [2.45, 2.75) is 6.92 Å². The van der Waals surface area contributed by atoms with Crippen LogP contribution in [0.3, 0.4) is 0 Å². The molecule has 0 saturated heterocycles. The molecule has 0 fully saturated rings. The lowest BCUT2D eigenvalue weighted by molar-refractivity contribution is 0.102. The standard InChI is InChI=1S/C14H13ClN6O2/c1-2-23-10-3-4-17-6-9(10)19-14(22)11-12(16)20-21-7-8(15)5-18-13(11)21/h3-7H,2H2,1H3,(H2,16,20)(H,19,22). The van der Waals surface area contributed by atoms with Gasteiger partial charge >= 0.3 is 0 Å². The Morgan fingerprint density at radius 1 is 1.48 bits per heavy atom. The monoisotopic (exact) mass is 332 g/mol. The molecule has 0 aliphatic rings. The summed E-state index contributed by atoms with van der Waals surface area (Å²) in [5.74, 6) is 0.113. The lowest BCUT2D eigenvalue weighted by atomic mass is 10.2. The molecule has 0 bridgehead atoms. The number of hydrogen-bond donors (Lipinski definition) is 2. The maximum absolute atomic E-state index is 12.6. The summed E-state index contributed by atoms with van der Waals surface area (Å²) in [6.45, 7) is 2.31. The Morgan fingerprint density at radius 3 is 3.09 bits per heavy atom. The number of pyridine rings is 1. The molecule has 9 heteroatoms. The summed E-state index contributed by atoms with van der Waals surface area (Å²) in [4.78, 5) is 20.6. The van der Waals surface area contributed by atoms with E-state index < -0.39 is 5.91 Å². The SMILES string of the molecule is CCOc1ccncc1NC(=O)c1c(N)nn2cc(Cl)cnc12. The van der Waals surface area contributed by atoms with Gasteiger partial charge in [0.1, 0.15) is 17.0 Å². The molecule has 3 rings (SSSR count). The first kappa shape index (κ1) is 15.0. The van der Waals surface area contributed by atoms with Crippen LogP contribution in [0.2, 0.25) is 5.02 Å². The number of carbonyl (C=O) groups is 1. The summed E-state index contributed by atoms with van der Waals surface area (Å²) < 4.78 is 6.81. The number of nitrogens with one attached hydrogen (secondary N) is 1. The molecular weight excluding hydrogens is 320 g/mol. The van der Waals surface area contributed by atoms with Crippen LogP contribution < -0.4 is 15.8 Å². The fraction of sp³-hybridized carbons (Fsp3) is 0.143. The molecule has 0 unspecified atom stereocenters. The molecule has 0 aliphatic heterocycles. The van der Waals surface area contributed by atoms with Crippen LogP contribution in [-0.4, -0.2) is 32.1 Å². The van der Waals surface area contributed by atoms with Gasteiger partial charge < -0.3 is 15.8 Å². The van der Waals surface area contributed by atoms with Crippen molar-refractivity contribution in [2.24, 2.45) is 0 Å². The van der Waals surface area contributed by atoms with Gasteiger partial charge in [-0.1, -0.05) is 11.6 Å². The van der Waals surface area contributed by atoms with Gasteiger partial charge in [-0.15, -0.1) is 5.10 Å². The van der Waals surface area contributed by atoms with Crippen molar-refractivity contribution in [3.05, 3.63) is 41.4 Å². The maximum atomic E-state index is 12.6. The van der Waals surface area contributed by atoms with Crippen molar-refractivity contribution in [2.75, 3.05) is 17.7 Å². The van der Waals surface area contributed by atoms with Crippen molar-refractivity contribution in [3.8, 4) is 5.75 Å². The van der Waals surface area contributed by atoms with Crippen LogP contribution in [0.5, 0.6) is 5.75 Å². The number of amides is 1. The van der Waals surface area contributed by atoms with Gasteiger partial charge in [0.2, 0.25) is 0 Å². The Kier molecular flexibility index (Phi) is 3.98. The predicted molar refractivity (Wildman–Crippen MR) is 85.8 cm³/mol. The summed E-state index contributed by atoms with van der Waals surface area (Å²) in [6.07, 6.45) is 6.01. The van der Waals surface area contributed by atoms with Crippen LogP contribution in [0, 0.1) is 0 Å². The smallest absolute Gasteiger partial charge is 0.263 e. The highest BCUT2D eigenvalue weighted by atomic mass is 35.5. The van der Waals surface area contributed by atoms with Gasteiger partial charge in [0.05, 0.1) is 24.0 Å². The third-order valence-electron chi connectivity index (χ3n) is 3.02. The highest BCUT2D eigenvalue weighted by Gasteiger charge is 2.20. The Morgan fingerprint density at radius 2 is 2.30 bits per heavy atom. The molecule has 118 valence electrons. The number of carbonyl (C=O) groups excluding carboxylic acids is 1. The minimum Gasteiger partial charge on any atom is -0.492 e. The molecule has 23 heavy (non-hydrogen) atoms. The van der Waals surface area contributed by atoms with Gasteiger partial charge in [0.25, 0.3) is 5.91 Å². The van der Waals surface area contributed by atoms with Crippen LogP contribution in [0.25, 0.3) is 5.65 Å². The van der Waals surface area contributed by atoms with Crippen molar-refractivity contribution in [1.29, 1.82) is 0 Å². The predicted octanol–water partition coefficient (Wildman–Crippen LogP) is 2.01. The van der Waals surface area contributed by atoms with E-state index in [4.69, 9.17) is 22.1 Å². The highest BCUT2D eigenvalue weighted by molar-refractivity contribution is 6.30. The molecule has 1 amide bonds. The Bertz CT molecular complexity index is 879. The molecule has 3 heterocycles. The number of nitrogens with zero attached hydrogens (tertiary/aromatic N) is 4. The quantitative estimate of drug-likeness (QED) is 0.756. The second-order valence-electron chi connectivity index (χ2n) is 4.56. The number of rotatable bonds is 4. The third-order valence-corrected chi connectivity index (χ3v) is 3.22. The number of halogens is 1. The summed E-state index contributed by atoms with van der Waals surface area (Å²) in [7, 11) is 0. The maximum Gasteiger partial charge on any atom is 0.263 e. The second kappa shape index (κ2) is 6.09. The molecule has 0 aliphatic carbocycles. The minimum atomic E-state index is -0.457. The van der Waals surface area contributed by atoms with Gasteiger partial charge in [-0.05, 0) is 6.92 Å². The molecule has 0 spiro atoms. The first-order chi connectivity index (χ1) is 11.1. The van der Waals surface area contributed by atoms with E-state index in [0.717, 1.165) is 0 Å². The molecule has 0 radical (unpaired) electrons. The zero-order chi connectivity index (χ0) is 16.4. The molecule has 0 aromatic carbocycles. The van der Waals surface area contributed by atoms with E-state index in [1.54, 1.807) is 12.3 Å². The second-order valence-corrected chi connectivity index (χ2v) is 5.00. The van der Waals surface area contributed by atoms with Crippen molar-refractivity contribution in [3.63, 3.8) is 0 Å². The van der Waals surface area contributed by atoms with E-state index in [9.17, 15) is 4.79 Å². The van der Waals surface area contributed by atoms with Gasteiger partial charge in [0.15, 0.2) is 11.5 Å². The lowest BCUT2D eigenvalue weighted by Gasteiger charge is -2.10. The molecule has 0 saturated carbocycles. The van der Waals surface area contributed by atoms with Crippen LogP contribution in [0.15, 0.2) is 30.9 Å². The van der Waals surface area contributed by atoms with Crippen LogP contribution >= 0.6 is 11.6 Å². The largest absolute Gasteiger partial charge is 0.492 e. The fourth-order valence-corrected chi connectivity index (χ4v) is 2.23. The highest BCUT2D eigenvalue weighted by Crippen LogP contribution is 2.25. The van der Waals surface area contributed by atoms with Crippen LogP contribution in [-0.2, 0) is 0 Å². The Hall–Kier alpha value is -2.87. The molecular formula is C14H13ClN6O2. The van der Waals surface area contributed by atoms with Gasteiger partial charge in [-0.2, -0.15) is 0 Å². The third kappa shape index (κ3) is 2.88. The average molecular weight is 333 g/mol. The van der Waals surface area contributed by atoms with E-state index >= 15 is 0 Å². The number of nitrogen functional groups attached to an aromatic ring is 1.